The van der Waals surface area contributed by atoms with E-state index in [1.54, 1.807) is 0 Å². The van der Waals surface area contributed by atoms with E-state index >= 15 is 0 Å². The Balaban J connectivity index is 3.55. The molecule has 0 atom stereocenters. The van der Waals surface area contributed by atoms with Gasteiger partial charge in [0.25, 0.3) is 10.1 Å². The lowest BCUT2D eigenvalue weighted by atomic mass is 10.2. The van der Waals surface area contributed by atoms with Crippen LogP contribution in [-0.4, -0.2) is 26.2 Å². The van der Waals surface area contributed by atoms with Crippen molar-refractivity contribution in [2.24, 2.45) is 4.99 Å². The Kier molecular flexibility index (Phi) is 3.44. The van der Waals surface area contributed by atoms with E-state index in [0.717, 1.165) is 6.07 Å². The molecule has 0 aliphatic carbocycles. The number of carbonyl (C=O) groups excluding carboxylic acids is 1. The van der Waals surface area contributed by atoms with Gasteiger partial charge in [0, 0.05) is 6.07 Å². The topological polar surface area (TPSA) is 93.0 Å². The van der Waals surface area contributed by atoms with Crippen LogP contribution in [0.1, 0.15) is 5.56 Å². The largest absolute Gasteiger partial charge is 0.494 e. The van der Waals surface area contributed by atoms with Crippen LogP contribution >= 0.6 is 0 Å². The van der Waals surface area contributed by atoms with Gasteiger partial charge in [-0.05, 0) is 18.6 Å². The molecule has 0 aromatic heterocycles. The Bertz CT molecular complexity index is 558. The maximum atomic E-state index is 11.0. The predicted molar refractivity (Wildman–Crippen MR) is 55.3 cm³/mol. The summed E-state index contributed by atoms with van der Waals surface area (Å²) in [5.41, 5.74) is 0.416. The summed E-state index contributed by atoms with van der Waals surface area (Å²) in [7, 11) is -3.02. The predicted octanol–water partition coefficient (Wildman–Crippen LogP) is 1.22. The highest BCUT2D eigenvalue weighted by Crippen LogP contribution is 2.32. The SMILES string of the molecule is COc1cc(S(=O)(=O)O)c(C)cc1N=C=O. The zero-order chi connectivity index (χ0) is 12.3. The van der Waals surface area contributed by atoms with Crippen LogP contribution in [0.15, 0.2) is 22.0 Å². The van der Waals surface area contributed by atoms with Crippen molar-refractivity contribution >= 4 is 21.9 Å². The molecule has 86 valence electrons. The molecule has 0 heterocycles. The minimum atomic E-state index is -4.32. The fraction of sp³-hybridized carbons (Fsp3) is 0.222. The average molecular weight is 243 g/mol. The first-order valence-corrected chi connectivity index (χ1v) is 5.58. The van der Waals surface area contributed by atoms with Crippen molar-refractivity contribution in [2.75, 3.05) is 7.11 Å². The van der Waals surface area contributed by atoms with Crippen molar-refractivity contribution in [3.63, 3.8) is 0 Å². The van der Waals surface area contributed by atoms with E-state index in [0.29, 0.717) is 0 Å². The highest BCUT2D eigenvalue weighted by Gasteiger charge is 2.16. The summed E-state index contributed by atoms with van der Waals surface area (Å²) in [5, 5.41) is 0. The summed E-state index contributed by atoms with van der Waals surface area (Å²) in [5.74, 6) is 0.0709. The number of methoxy groups -OCH3 is 1. The van der Waals surface area contributed by atoms with E-state index in [-0.39, 0.29) is 21.9 Å². The Morgan fingerprint density at radius 3 is 2.50 bits per heavy atom. The number of benzene rings is 1. The normalized spacial score (nSPS) is 10.7. The van der Waals surface area contributed by atoms with E-state index in [9.17, 15) is 13.2 Å². The van der Waals surface area contributed by atoms with E-state index in [1.807, 2.05) is 0 Å². The highest BCUT2D eigenvalue weighted by atomic mass is 32.2. The van der Waals surface area contributed by atoms with Crippen molar-refractivity contribution in [3.8, 4) is 5.75 Å². The molecule has 0 unspecified atom stereocenters. The fourth-order valence-corrected chi connectivity index (χ4v) is 1.95. The van der Waals surface area contributed by atoms with E-state index < -0.39 is 10.1 Å². The molecule has 1 N–H and O–H groups in total. The molecule has 1 aromatic rings. The van der Waals surface area contributed by atoms with Crippen LogP contribution in [0.2, 0.25) is 0 Å². The standard InChI is InChI=1S/C9H9NO5S/c1-6-3-7(10-5-11)8(15-2)4-9(6)16(12,13)14/h3-4H,1-2H3,(H,12,13,14). The van der Waals surface area contributed by atoms with Gasteiger partial charge in [-0.15, -0.1) is 0 Å². The van der Waals surface area contributed by atoms with Gasteiger partial charge in [0.05, 0.1) is 7.11 Å². The molecule has 0 aliphatic heterocycles. The van der Waals surface area contributed by atoms with Crippen LogP contribution < -0.4 is 4.74 Å². The van der Waals surface area contributed by atoms with Crippen molar-refractivity contribution in [1.29, 1.82) is 0 Å². The van der Waals surface area contributed by atoms with Gasteiger partial charge in [0.1, 0.15) is 16.3 Å². The second kappa shape index (κ2) is 4.44. The summed E-state index contributed by atoms with van der Waals surface area (Å²) < 4.78 is 35.7. The van der Waals surface area contributed by atoms with Gasteiger partial charge >= 0.3 is 0 Å². The molecule has 6 nitrogen and oxygen atoms in total. The Hall–Kier alpha value is -1.69. The van der Waals surface area contributed by atoms with E-state index in [2.05, 4.69) is 4.99 Å². The molecule has 1 rings (SSSR count). The third-order valence-corrected chi connectivity index (χ3v) is 2.92. The molecule has 0 radical (unpaired) electrons. The molecular formula is C9H9NO5S. The number of hydrogen-bond acceptors (Lipinski definition) is 5. The van der Waals surface area contributed by atoms with Gasteiger partial charge in [-0.3, -0.25) is 4.55 Å². The first-order valence-electron chi connectivity index (χ1n) is 4.14. The highest BCUT2D eigenvalue weighted by molar-refractivity contribution is 7.85. The van der Waals surface area contributed by atoms with Crippen LogP contribution in [0.25, 0.3) is 0 Å². The third kappa shape index (κ3) is 2.46. The van der Waals surface area contributed by atoms with E-state index in [4.69, 9.17) is 9.29 Å². The Morgan fingerprint density at radius 1 is 1.44 bits per heavy atom. The molecule has 0 aliphatic rings. The zero-order valence-electron chi connectivity index (χ0n) is 8.59. The van der Waals surface area contributed by atoms with Crippen LogP contribution in [0.5, 0.6) is 5.75 Å². The summed E-state index contributed by atoms with van der Waals surface area (Å²) >= 11 is 0. The number of ether oxygens (including phenoxy) is 1. The van der Waals surface area contributed by atoms with Gasteiger partial charge in [0.15, 0.2) is 0 Å². The van der Waals surface area contributed by atoms with Crippen molar-refractivity contribution in [3.05, 3.63) is 17.7 Å². The summed E-state index contributed by atoms with van der Waals surface area (Å²) in [6, 6.07) is 2.41. The Morgan fingerprint density at radius 2 is 2.06 bits per heavy atom. The first kappa shape index (κ1) is 12.4. The maximum absolute atomic E-state index is 11.0. The van der Waals surface area contributed by atoms with Crippen molar-refractivity contribution in [2.45, 2.75) is 11.8 Å². The smallest absolute Gasteiger partial charge is 0.294 e. The molecule has 0 saturated carbocycles. The van der Waals surface area contributed by atoms with Gasteiger partial charge in [-0.25, -0.2) is 4.79 Å². The number of isocyanates is 1. The number of aryl methyl sites for hydroxylation is 1. The molecular weight excluding hydrogens is 234 g/mol. The molecule has 0 fully saturated rings. The van der Waals surface area contributed by atoms with Crippen LogP contribution in [-0.2, 0) is 14.9 Å². The summed E-state index contributed by atoms with van der Waals surface area (Å²) in [4.78, 5) is 13.2. The molecule has 0 spiro atoms. The van der Waals surface area contributed by atoms with Crippen molar-refractivity contribution < 1.29 is 22.5 Å². The molecule has 7 heteroatoms. The summed E-state index contributed by atoms with van der Waals surface area (Å²) in [6.45, 7) is 1.46. The minimum absolute atomic E-state index is 0.0709. The van der Waals surface area contributed by atoms with Gasteiger partial charge < -0.3 is 4.74 Å². The van der Waals surface area contributed by atoms with Crippen LogP contribution in [0.4, 0.5) is 5.69 Å². The quantitative estimate of drug-likeness (QED) is 0.489. The number of hydrogen-bond donors (Lipinski definition) is 1. The third-order valence-electron chi connectivity index (χ3n) is 1.92. The average Bonchev–Trinajstić information content (AvgIpc) is 2.16. The lowest BCUT2D eigenvalue weighted by Crippen LogP contribution is -2.01. The molecule has 1 aromatic carbocycles. The zero-order valence-corrected chi connectivity index (χ0v) is 9.41. The second-order valence-corrected chi connectivity index (χ2v) is 4.36. The number of nitrogens with zero attached hydrogens (tertiary/aromatic N) is 1. The van der Waals surface area contributed by atoms with Crippen molar-refractivity contribution in [1.82, 2.24) is 0 Å². The minimum Gasteiger partial charge on any atom is -0.494 e. The molecule has 0 bridgehead atoms. The fourth-order valence-electron chi connectivity index (χ4n) is 1.23. The van der Waals surface area contributed by atoms with Crippen LogP contribution in [0, 0.1) is 6.92 Å². The maximum Gasteiger partial charge on any atom is 0.294 e. The number of aliphatic imine (C=N–C) groups is 1. The van der Waals surface area contributed by atoms with Gasteiger partial charge in [0.2, 0.25) is 6.08 Å². The number of rotatable bonds is 3. The first-order chi connectivity index (χ1) is 7.40. The lowest BCUT2D eigenvalue weighted by Gasteiger charge is -2.07. The van der Waals surface area contributed by atoms with Crippen LogP contribution in [0.3, 0.4) is 0 Å². The van der Waals surface area contributed by atoms with E-state index in [1.165, 1.54) is 26.2 Å². The van der Waals surface area contributed by atoms with Gasteiger partial charge in [-0.1, -0.05) is 0 Å². The Labute approximate surface area is 92.3 Å². The molecule has 0 amide bonds. The summed E-state index contributed by atoms with van der Waals surface area (Å²) in [6.07, 6.45) is 1.33. The lowest BCUT2D eigenvalue weighted by molar-refractivity contribution is 0.413. The monoisotopic (exact) mass is 243 g/mol. The molecule has 0 saturated heterocycles. The second-order valence-electron chi connectivity index (χ2n) is 2.97. The molecule has 16 heavy (non-hydrogen) atoms. The van der Waals surface area contributed by atoms with Gasteiger partial charge in [-0.2, -0.15) is 13.4 Å².